The fraction of sp³-hybridized carbons (Fsp3) is 0.167. The minimum atomic E-state index is -3.87. The van der Waals surface area contributed by atoms with Crippen molar-refractivity contribution in [3.05, 3.63) is 58.7 Å². The lowest BCUT2D eigenvalue weighted by atomic mass is 10.1. The van der Waals surface area contributed by atoms with Crippen molar-refractivity contribution < 1.29 is 17.7 Å². The van der Waals surface area contributed by atoms with Gasteiger partial charge in [0.25, 0.3) is 10.0 Å². The summed E-state index contributed by atoms with van der Waals surface area (Å²) in [6, 6.07) is 11.5. The summed E-state index contributed by atoms with van der Waals surface area (Å²) >= 11 is 5.96. The number of aryl methyl sites for hydroxylation is 2. The van der Waals surface area contributed by atoms with E-state index in [4.69, 9.17) is 20.9 Å². The van der Waals surface area contributed by atoms with Crippen molar-refractivity contribution in [3.63, 3.8) is 0 Å². The molecule has 26 heavy (non-hydrogen) atoms. The van der Waals surface area contributed by atoms with E-state index in [1.807, 2.05) is 0 Å². The third kappa shape index (κ3) is 3.68. The maximum absolute atomic E-state index is 12.8. The summed E-state index contributed by atoms with van der Waals surface area (Å²) < 4.78 is 38.7. The van der Waals surface area contributed by atoms with Crippen LogP contribution in [0.5, 0.6) is 5.75 Å². The van der Waals surface area contributed by atoms with Gasteiger partial charge in [-0.3, -0.25) is 4.72 Å². The van der Waals surface area contributed by atoms with E-state index >= 15 is 0 Å². The van der Waals surface area contributed by atoms with Crippen LogP contribution in [0.1, 0.15) is 11.3 Å². The maximum atomic E-state index is 12.8. The van der Waals surface area contributed by atoms with Crippen molar-refractivity contribution in [2.45, 2.75) is 18.7 Å². The van der Waals surface area contributed by atoms with Gasteiger partial charge in [-0.2, -0.15) is 0 Å². The number of methoxy groups -OCH3 is 1. The topological polar surface area (TPSA) is 81.4 Å². The molecule has 2 aromatic carbocycles. The monoisotopic (exact) mass is 392 g/mol. The zero-order chi connectivity index (χ0) is 18.9. The molecule has 0 atom stereocenters. The molecule has 136 valence electrons. The van der Waals surface area contributed by atoms with Crippen LogP contribution in [0.4, 0.5) is 5.69 Å². The lowest BCUT2D eigenvalue weighted by Gasteiger charge is -2.14. The Kier molecular flexibility index (Phi) is 4.93. The molecule has 0 unspecified atom stereocenters. The number of benzene rings is 2. The first-order chi connectivity index (χ1) is 12.3. The quantitative estimate of drug-likeness (QED) is 0.695. The minimum Gasteiger partial charge on any atom is -0.495 e. The highest BCUT2D eigenvalue weighted by atomic mass is 35.5. The van der Waals surface area contributed by atoms with Crippen molar-refractivity contribution >= 4 is 27.3 Å². The van der Waals surface area contributed by atoms with E-state index in [0.29, 0.717) is 22.0 Å². The van der Waals surface area contributed by atoms with Crippen LogP contribution in [0.15, 0.2) is 51.9 Å². The normalized spacial score (nSPS) is 11.4. The van der Waals surface area contributed by atoms with Crippen LogP contribution >= 0.6 is 11.6 Å². The number of nitrogens with zero attached hydrogens (tertiary/aromatic N) is 1. The summed E-state index contributed by atoms with van der Waals surface area (Å²) in [5, 5.41) is 4.28. The number of aromatic nitrogens is 1. The average molecular weight is 393 g/mol. The van der Waals surface area contributed by atoms with Crippen LogP contribution < -0.4 is 9.46 Å². The molecule has 0 spiro atoms. The second-order valence-electron chi connectivity index (χ2n) is 5.76. The second-order valence-corrected chi connectivity index (χ2v) is 7.85. The number of nitrogens with one attached hydrogen (secondary N) is 1. The third-order valence-electron chi connectivity index (χ3n) is 3.81. The minimum absolute atomic E-state index is 0.0133. The van der Waals surface area contributed by atoms with Crippen LogP contribution in [0.3, 0.4) is 0 Å². The van der Waals surface area contributed by atoms with Crippen molar-refractivity contribution in [2.75, 3.05) is 11.8 Å². The first-order valence-corrected chi connectivity index (χ1v) is 9.57. The fourth-order valence-electron chi connectivity index (χ4n) is 2.45. The van der Waals surface area contributed by atoms with E-state index in [0.717, 1.165) is 11.3 Å². The van der Waals surface area contributed by atoms with Gasteiger partial charge in [-0.05, 0) is 49.7 Å². The first-order valence-electron chi connectivity index (χ1n) is 7.71. The van der Waals surface area contributed by atoms with E-state index in [9.17, 15) is 8.42 Å². The van der Waals surface area contributed by atoms with E-state index in [1.165, 1.54) is 13.2 Å². The molecule has 1 N–H and O–H groups in total. The molecule has 0 amide bonds. The average Bonchev–Trinajstić information content (AvgIpc) is 3.04. The highest BCUT2D eigenvalue weighted by Crippen LogP contribution is 2.32. The molecule has 0 saturated carbocycles. The Labute approximate surface area is 156 Å². The molecule has 0 saturated heterocycles. The van der Waals surface area contributed by atoms with Gasteiger partial charge in [0.05, 0.1) is 18.5 Å². The number of anilines is 1. The van der Waals surface area contributed by atoms with E-state index < -0.39 is 10.0 Å². The van der Waals surface area contributed by atoms with E-state index in [-0.39, 0.29) is 10.6 Å². The van der Waals surface area contributed by atoms with Crippen LogP contribution in [-0.2, 0) is 10.0 Å². The van der Waals surface area contributed by atoms with Crippen LogP contribution in [0.25, 0.3) is 11.3 Å². The predicted octanol–water partition coefficient (Wildman–Crippen LogP) is 4.42. The van der Waals surface area contributed by atoms with Gasteiger partial charge in [0.2, 0.25) is 0 Å². The molecule has 0 fully saturated rings. The van der Waals surface area contributed by atoms with Gasteiger partial charge in [-0.25, -0.2) is 8.42 Å². The first kappa shape index (κ1) is 18.3. The number of hydrogen-bond acceptors (Lipinski definition) is 5. The Morgan fingerprint density at radius 1 is 1.12 bits per heavy atom. The van der Waals surface area contributed by atoms with Crippen LogP contribution in [-0.4, -0.2) is 20.7 Å². The van der Waals surface area contributed by atoms with Crippen molar-refractivity contribution in [1.29, 1.82) is 0 Å². The largest absolute Gasteiger partial charge is 0.495 e. The molecule has 8 heteroatoms. The highest BCUT2D eigenvalue weighted by Gasteiger charge is 2.22. The third-order valence-corrected chi connectivity index (χ3v) is 5.45. The van der Waals surface area contributed by atoms with Crippen LogP contribution in [0.2, 0.25) is 5.02 Å². The standard InChI is InChI=1S/C18H17ClN2O4S/c1-11-4-6-14(19)10-15(11)21-26(22,23)18-7-5-13(9-17(18)24-3)16-8-12(2)20-25-16/h4-10,21H,1-3H3. The molecule has 0 aliphatic rings. The van der Waals surface area contributed by atoms with Gasteiger partial charge < -0.3 is 9.26 Å². The molecular formula is C18H17ClN2O4S. The van der Waals surface area contributed by atoms with Gasteiger partial charge >= 0.3 is 0 Å². The number of sulfonamides is 1. The number of halogens is 1. The SMILES string of the molecule is COc1cc(-c2cc(C)no2)ccc1S(=O)(=O)Nc1cc(Cl)ccc1C. The Balaban J connectivity index is 2.00. The van der Waals surface area contributed by atoms with Crippen LogP contribution in [0, 0.1) is 13.8 Å². The molecular weight excluding hydrogens is 376 g/mol. The Morgan fingerprint density at radius 3 is 2.54 bits per heavy atom. The summed E-state index contributed by atoms with van der Waals surface area (Å²) in [6.07, 6.45) is 0. The fourth-order valence-corrected chi connectivity index (χ4v) is 3.89. The second kappa shape index (κ2) is 7.01. The number of ether oxygens (including phenoxy) is 1. The van der Waals surface area contributed by atoms with Crippen molar-refractivity contribution in [1.82, 2.24) is 5.16 Å². The lowest BCUT2D eigenvalue weighted by Crippen LogP contribution is -2.15. The zero-order valence-corrected chi connectivity index (χ0v) is 16.0. The predicted molar refractivity (Wildman–Crippen MR) is 100 cm³/mol. The highest BCUT2D eigenvalue weighted by molar-refractivity contribution is 7.92. The molecule has 0 radical (unpaired) electrons. The van der Waals surface area contributed by atoms with Crippen molar-refractivity contribution in [3.8, 4) is 17.1 Å². The molecule has 0 bridgehead atoms. The Bertz CT molecular complexity index is 1060. The summed E-state index contributed by atoms with van der Waals surface area (Å²) in [4.78, 5) is 0.0133. The van der Waals surface area contributed by atoms with Crippen molar-refractivity contribution in [2.24, 2.45) is 0 Å². The Hall–Kier alpha value is -2.51. The molecule has 0 aliphatic heterocycles. The molecule has 3 aromatic rings. The number of rotatable bonds is 5. The van der Waals surface area contributed by atoms with Gasteiger partial charge in [0.15, 0.2) is 5.76 Å². The summed E-state index contributed by atoms with van der Waals surface area (Å²) in [5.74, 6) is 0.729. The lowest BCUT2D eigenvalue weighted by molar-refractivity contribution is 0.402. The Morgan fingerprint density at radius 2 is 1.88 bits per heavy atom. The maximum Gasteiger partial charge on any atom is 0.265 e. The van der Waals surface area contributed by atoms with E-state index in [1.54, 1.807) is 50.2 Å². The summed E-state index contributed by atoms with van der Waals surface area (Å²) in [5.41, 5.74) is 2.56. The summed E-state index contributed by atoms with van der Waals surface area (Å²) in [7, 11) is -2.46. The molecule has 0 aliphatic carbocycles. The smallest absolute Gasteiger partial charge is 0.265 e. The van der Waals surface area contributed by atoms with Gasteiger partial charge in [0.1, 0.15) is 10.6 Å². The van der Waals surface area contributed by atoms with Gasteiger partial charge in [-0.1, -0.05) is 22.8 Å². The summed E-state index contributed by atoms with van der Waals surface area (Å²) in [6.45, 7) is 3.60. The number of hydrogen-bond donors (Lipinski definition) is 1. The molecule has 6 nitrogen and oxygen atoms in total. The zero-order valence-electron chi connectivity index (χ0n) is 14.4. The molecule has 3 rings (SSSR count). The van der Waals surface area contributed by atoms with E-state index in [2.05, 4.69) is 9.88 Å². The van der Waals surface area contributed by atoms with Gasteiger partial charge in [0, 0.05) is 16.7 Å². The molecule has 1 heterocycles. The van der Waals surface area contributed by atoms with Gasteiger partial charge in [-0.15, -0.1) is 0 Å². The molecule has 1 aromatic heterocycles.